The zero-order chi connectivity index (χ0) is 16.0. The van der Waals surface area contributed by atoms with Gasteiger partial charge in [-0.15, -0.1) is 12.4 Å². The van der Waals surface area contributed by atoms with Crippen molar-refractivity contribution in [2.24, 2.45) is 11.1 Å². The summed E-state index contributed by atoms with van der Waals surface area (Å²) in [6.45, 7) is 8.08. The highest BCUT2D eigenvalue weighted by atomic mass is 35.5. The van der Waals surface area contributed by atoms with E-state index in [4.69, 9.17) is 15.2 Å². The van der Waals surface area contributed by atoms with Crippen LogP contribution in [0, 0.1) is 5.41 Å². The van der Waals surface area contributed by atoms with Crippen molar-refractivity contribution >= 4 is 18.3 Å². The van der Waals surface area contributed by atoms with Crippen LogP contribution in [0.4, 0.5) is 0 Å². The molecule has 1 unspecified atom stereocenters. The second-order valence-electron chi connectivity index (χ2n) is 6.17. The Morgan fingerprint density at radius 3 is 2.32 bits per heavy atom. The number of carbonyl (C=O) groups excluding carboxylic acids is 1. The van der Waals surface area contributed by atoms with Crippen LogP contribution in [-0.2, 0) is 4.79 Å². The largest absolute Gasteiger partial charge is 0.493 e. The number of amides is 1. The van der Waals surface area contributed by atoms with Crippen molar-refractivity contribution < 1.29 is 14.3 Å². The molecule has 0 spiro atoms. The lowest BCUT2D eigenvalue weighted by atomic mass is 9.87. The summed E-state index contributed by atoms with van der Waals surface area (Å²) in [7, 11) is 1.59. The van der Waals surface area contributed by atoms with Crippen LogP contribution in [0.25, 0.3) is 0 Å². The van der Waals surface area contributed by atoms with Crippen molar-refractivity contribution in [1.82, 2.24) is 5.32 Å². The molecule has 0 heterocycles. The van der Waals surface area contributed by atoms with Crippen LogP contribution < -0.4 is 20.5 Å². The normalized spacial score (nSPS) is 13.5. The first-order chi connectivity index (χ1) is 9.75. The summed E-state index contributed by atoms with van der Waals surface area (Å²) in [6, 6.07) is 6.86. The average Bonchev–Trinajstić information content (AvgIpc) is 2.43. The van der Waals surface area contributed by atoms with Crippen molar-refractivity contribution in [2.75, 3.05) is 13.7 Å². The summed E-state index contributed by atoms with van der Waals surface area (Å²) in [5.41, 5.74) is 5.64. The summed E-state index contributed by atoms with van der Waals surface area (Å²) in [4.78, 5) is 12.0. The first-order valence-corrected chi connectivity index (χ1v) is 7.08. The van der Waals surface area contributed by atoms with E-state index in [0.29, 0.717) is 18.0 Å². The second-order valence-corrected chi connectivity index (χ2v) is 6.17. The maximum Gasteiger partial charge on any atom is 0.237 e. The minimum atomic E-state index is -0.545. The second kappa shape index (κ2) is 8.86. The maximum absolute atomic E-state index is 12.0. The Morgan fingerprint density at radius 1 is 1.27 bits per heavy atom. The highest BCUT2D eigenvalue weighted by molar-refractivity contribution is 5.85. The smallest absolute Gasteiger partial charge is 0.237 e. The summed E-state index contributed by atoms with van der Waals surface area (Å²) in [5.74, 6) is 1.15. The zero-order valence-electron chi connectivity index (χ0n) is 13.9. The number of hydrogen-bond acceptors (Lipinski definition) is 4. The molecule has 0 radical (unpaired) electrons. The van der Waals surface area contributed by atoms with E-state index in [0.717, 1.165) is 0 Å². The molecule has 0 saturated carbocycles. The van der Waals surface area contributed by atoms with Gasteiger partial charge in [-0.05, 0) is 24.5 Å². The fraction of sp³-hybridized carbons (Fsp3) is 0.562. The van der Waals surface area contributed by atoms with E-state index in [1.54, 1.807) is 7.11 Å². The van der Waals surface area contributed by atoms with Crippen molar-refractivity contribution in [3.63, 3.8) is 0 Å². The van der Waals surface area contributed by atoms with Crippen molar-refractivity contribution in [1.29, 1.82) is 0 Å². The topological polar surface area (TPSA) is 73.6 Å². The van der Waals surface area contributed by atoms with Crippen molar-refractivity contribution in [3.8, 4) is 11.5 Å². The van der Waals surface area contributed by atoms with E-state index >= 15 is 0 Å². The van der Waals surface area contributed by atoms with Gasteiger partial charge in [0.05, 0.1) is 19.7 Å². The predicted molar refractivity (Wildman–Crippen MR) is 90.8 cm³/mol. The molecule has 0 saturated heterocycles. The lowest BCUT2D eigenvalue weighted by Crippen LogP contribution is -2.50. The molecular weight excluding hydrogens is 304 g/mol. The van der Waals surface area contributed by atoms with Crippen LogP contribution in [0.1, 0.15) is 27.7 Å². The Morgan fingerprint density at radius 2 is 1.82 bits per heavy atom. The lowest BCUT2D eigenvalue weighted by Gasteiger charge is -2.26. The number of halogens is 1. The number of nitrogens with one attached hydrogen (secondary N) is 1. The van der Waals surface area contributed by atoms with Crippen LogP contribution in [0.5, 0.6) is 11.5 Å². The average molecular weight is 331 g/mol. The van der Waals surface area contributed by atoms with Gasteiger partial charge in [-0.2, -0.15) is 0 Å². The first kappa shape index (κ1) is 20.5. The molecule has 2 atom stereocenters. The Kier molecular flexibility index (Phi) is 8.27. The first-order valence-electron chi connectivity index (χ1n) is 7.08. The van der Waals surface area contributed by atoms with Crippen molar-refractivity contribution in [2.45, 2.75) is 39.8 Å². The third kappa shape index (κ3) is 6.12. The monoisotopic (exact) mass is 330 g/mol. The van der Waals surface area contributed by atoms with Crippen LogP contribution in [0.15, 0.2) is 24.3 Å². The van der Waals surface area contributed by atoms with Gasteiger partial charge in [0, 0.05) is 0 Å². The third-order valence-corrected chi connectivity index (χ3v) is 3.18. The van der Waals surface area contributed by atoms with Gasteiger partial charge >= 0.3 is 0 Å². The Hall–Kier alpha value is -1.46. The molecule has 3 N–H and O–H groups in total. The van der Waals surface area contributed by atoms with Gasteiger partial charge in [-0.25, -0.2) is 0 Å². The molecular formula is C16H27ClN2O3. The Balaban J connectivity index is 0.00000441. The molecule has 0 aliphatic rings. The van der Waals surface area contributed by atoms with E-state index in [2.05, 4.69) is 5.32 Å². The molecule has 126 valence electrons. The predicted octanol–water partition coefficient (Wildman–Crippen LogP) is 2.37. The summed E-state index contributed by atoms with van der Waals surface area (Å²) in [6.07, 6.45) is -0.183. The maximum atomic E-state index is 12.0. The number of ether oxygens (including phenoxy) is 2. The summed E-state index contributed by atoms with van der Waals surface area (Å²) in [5, 5.41) is 2.82. The van der Waals surface area contributed by atoms with Crippen LogP contribution in [-0.4, -0.2) is 31.7 Å². The van der Waals surface area contributed by atoms with E-state index in [1.165, 1.54) is 0 Å². The molecule has 1 amide bonds. The van der Waals surface area contributed by atoms with Gasteiger partial charge in [-0.1, -0.05) is 32.9 Å². The molecule has 1 rings (SSSR count). The molecule has 6 heteroatoms. The van der Waals surface area contributed by atoms with E-state index in [-0.39, 0.29) is 29.8 Å². The van der Waals surface area contributed by atoms with Crippen LogP contribution >= 0.6 is 12.4 Å². The molecule has 0 aliphatic heterocycles. The van der Waals surface area contributed by atoms with Gasteiger partial charge in [0.25, 0.3) is 0 Å². The Bertz CT molecular complexity index is 475. The van der Waals surface area contributed by atoms with Crippen LogP contribution in [0.2, 0.25) is 0 Å². The molecule has 5 nitrogen and oxygen atoms in total. The zero-order valence-corrected chi connectivity index (χ0v) is 14.7. The highest BCUT2D eigenvalue weighted by Crippen LogP contribution is 2.26. The molecule has 0 fully saturated rings. The minimum Gasteiger partial charge on any atom is -0.493 e. The van der Waals surface area contributed by atoms with Gasteiger partial charge in [0.15, 0.2) is 11.5 Å². The summed E-state index contributed by atoms with van der Waals surface area (Å²) < 4.78 is 11.0. The van der Waals surface area contributed by atoms with E-state index < -0.39 is 6.04 Å². The van der Waals surface area contributed by atoms with Gasteiger partial charge in [-0.3, -0.25) is 4.79 Å². The standard InChI is InChI=1S/C16H26N2O3.ClH/c1-11(10-18-15(19)14(17)16(2,3)4)21-13-9-7-6-8-12(13)20-5;/h6-9,11,14H,10,17H2,1-5H3,(H,18,19);1H/t11?,14-;/m1./s1. The quantitative estimate of drug-likeness (QED) is 0.840. The SMILES string of the molecule is COc1ccccc1OC(C)CNC(=O)[C@@H](N)C(C)(C)C.Cl. The number of para-hydroxylation sites is 2. The van der Waals surface area contributed by atoms with Crippen LogP contribution in [0.3, 0.4) is 0 Å². The minimum absolute atomic E-state index is 0. The fourth-order valence-electron chi connectivity index (χ4n) is 1.72. The number of nitrogens with two attached hydrogens (primary N) is 1. The number of benzene rings is 1. The van der Waals surface area contributed by atoms with E-state index in [9.17, 15) is 4.79 Å². The number of methoxy groups -OCH3 is 1. The number of rotatable bonds is 6. The molecule has 22 heavy (non-hydrogen) atoms. The lowest BCUT2D eigenvalue weighted by molar-refractivity contribution is -0.124. The molecule has 0 aliphatic carbocycles. The fourth-order valence-corrected chi connectivity index (χ4v) is 1.72. The summed E-state index contributed by atoms with van der Waals surface area (Å²) >= 11 is 0. The van der Waals surface area contributed by atoms with Gasteiger partial charge in [0.1, 0.15) is 6.10 Å². The Labute approximate surface area is 139 Å². The molecule has 0 bridgehead atoms. The van der Waals surface area contributed by atoms with Gasteiger partial charge in [0.2, 0.25) is 5.91 Å². The number of hydrogen-bond donors (Lipinski definition) is 2. The van der Waals surface area contributed by atoms with E-state index in [1.807, 2.05) is 52.0 Å². The highest BCUT2D eigenvalue weighted by Gasteiger charge is 2.27. The van der Waals surface area contributed by atoms with Gasteiger partial charge < -0.3 is 20.5 Å². The third-order valence-electron chi connectivity index (χ3n) is 3.18. The molecule has 1 aromatic carbocycles. The molecule has 1 aromatic rings. The van der Waals surface area contributed by atoms with Crippen molar-refractivity contribution in [3.05, 3.63) is 24.3 Å². The molecule has 0 aromatic heterocycles. The number of carbonyl (C=O) groups is 1.